The van der Waals surface area contributed by atoms with Gasteiger partial charge in [-0.15, -0.1) is 11.3 Å². The van der Waals surface area contributed by atoms with Gasteiger partial charge in [0.2, 0.25) is 0 Å². The first kappa shape index (κ1) is 7.31. The molecule has 0 fully saturated rings. The maximum Gasteiger partial charge on any atom is 0.348 e. The zero-order valence-corrected chi connectivity index (χ0v) is 8.00. The summed E-state index contributed by atoms with van der Waals surface area (Å²) in [6, 6.07) is 1.99. The highest BCUT2D eigenvalue weighted by atomic mass is 79.9. The van der Waals surface area contributed by atoms with Crippen LogP contribution in [0.25, 0.3) is 0 Å². The molecule has 1 aromatic heterocycles. The van der Waals surface area contributed by atoms with Gasteiger partial charge in [0.25, 0.3) is 0 Å². The third-order valence-corrected chi connectivity index (χ3v) is 3.23. The summed E-state index contributed by atoms with van der Waals surface area (Å²) in [5.41, 5.74) is 1.11. The molecule has 0 N–H and O–H groups in total. The van der Waals surface area contributed by atoms with Gasteiger partial charge in [-0.1, -0.05) is 0 Å². The first-order valence-electron chi connectivity index (χ1n) is 3.23. The summed E-state index contributed by atoms with van der Waals surface area (Å²) < 4.78 is 5.87. The van der Waals surface area contributed by atoms with Gasteiger partial charge in [-0.25, -0.2) is 4.79 Å². The maximum atomic E-state index is 11.1. The summed E-state index contributed by atoms with van der Waals surface area (Å²) in [5, 5.41) is 0. The summed E-state index contributed by atoms with van der Waals surface area (Å²) in [7, 11) is 0. The molecule has 0 bridgehead atoms. The van der Waals surface area contributed by atoms with Crippen molar-refractivity contribution in [2.24, 2.45) is 0 Å². The van der Waals surface area contributed by atoms with E-state index >= 15 is 0 Å². The van der Waals surface area contributed by atoms with Crippen molar-refractivity contribution in [2.45, 2.75) is 6.42 Å². The lowest BCUT2D eigenvalue weighted by atomic mass is 10.2. The van der Waals surface area contributed by atoms with Crippen LogP contribution < -0.4 is 0 Å². The van der Waals surface area contributed by atoms with E-state index in [4.69, 9.17) is 4.74 Å². The van der Waals surface area contributed by atoms with Crippen molar-refractivity contribution in [1.82, 2.24) is 0 Å². The van der Waals surface area contributed by atoms with Crippen LogP contribution in [0.5, 0.6) is 0 Å². The lowest BCUT2D eigenvalue weighted by molar-refractivity contribution is 0.0488. The van der Waals surface area contributed by atoms with Gasteiger partial charge in [-0.05, 0) is 27.6 Å². The molecule has 4 heteroatoms. The van der Waals surface area contributed by atoms with Crippen LogP contribution in [0.15, 0.2) is 9.85 Å². The molecule has 0 amide bonds. The Balaban J connectivity index is 2.52. The average molecular weight is 233 g/mol. The molecule has 2 rings (SSSR count). The molecular weight excluding hydrogens is 228 g/mol. The molecule has 58 valence electrons. The molecule has 11 heavy (non-hydrogen) atoms. The van der Waals surface area contributed by atoms with Crippen LogP contribution in [-0.2, 0) is 11.2 Å². The zero-order chi connectivity index (χ0) is 7.84. The highest BCUT2D eigenvalue weighted by molar-refractivity contribution is 9.11. The molecule has 1 aliphatic rings. The minimum Gasteiger partial charge on any atom is -0.461 e. The highest BCUT2D eigenvalue weighted by Gasteiger charge is 2.20. The Morgan fingerprint density at radius 1 is 1.64 bits per heavy atom. The summed E-state index contributed by atoms with van der Waals surface area (Å²) in [6.07, 6.45) is 0.850. The normalized spacial score (nSPS) is 15.9. The van der Waals surface area contributed by atoms with Crippen molar-refractivity contribution in [3.05, 3.63) is 20.3 Å². The Labute approximate surface area is 76.3 Å². The number of carbonyl (C=O) groups excluding carboxylic acids is 1. The Kier molecular flexibility index (Phi) is 1.73. The maximum absolute atomic E-state index is 11.1. The van der Waals surface area contributed by atoms with Gasteiger partial charge in [0, 0.05) is 6.42 Å². The molecule has 0 radical (unpaired) electrons. The first-order chi connectivity index (χ1) is 5.27. The Morgan fingerprint density at radius 2 is 2.45 bits per heavy atom. The first-order valence-corrected chi connectivity index (χ1v) is 4.83. The van der Waals surface area contributed by atoms with Crippen molar-refractivity contribution in [3.63, 3.8) is 0 Å². The number of thiophene rings is 1. The molecule has 2 nitrogen and oxygen atoms in total. The minimum absolute atomic E-state index is 0.179. The van der Waals surface area contributed by atoms with E-state index < -0.39 is 0 Å². The summed E-state index contributed by atoms with van der Waals surface area (Å²) in [4.78, 5) is 11.8. The van der Waals surface area contributed by atoms with Crippen molar-refractivity contribution in [2.75, 3.05) is 6.61 Å². The fraction of sp³-hybridized carbons (Fsp3) is 0.286. The van der Waals surface area contributed by atoms with E-state index in [1.165, 1.54) is 11.3 Å². The van der Waals surface area contributed by atoms with Gasteiger partial charge in [-0.2, -0.15) is 0 Å². The molecule has 0 aromatic carbocycles. The number of carbonyl (C=O) groups is 1. The minimum atomic E-state index is -0.179. The molecule has 0 saturated heterocycles. The largest absolute Gasteiger partial charge is 0.461 e. The number of rotatable bonds is 0. The van der Waals surface area contributed by atoms with Crippen LogP contribution in [0.4, 0.5) is 0 Å². The lowest BCUT2D eigenvalue weighted by Gasteiger charge is -2.09. The second-order valence-electron chi connectivity index (χ2n) is 2.29. The van der Waals surface area contributed by atoms with Crippen LogP contribution in [0, 0.1) is 0 Å². The van der Waals surface area contributed by atoms with Crippen LogP contribution in [-0.4, -0.2) is 12.6 Å². The standard InChI is InChI=1S/C7H5BrO2S/c8-5-3-4-1-2-10-7(9)6(4)11-5/h3H,1-2H2. The van der Waals surface area contributed by atoms with Gasteiger partial charge in [-0.3, -0.25) is 0 Å². The van der Waals surface area contributed by atoms with Gasteiger partial charge in [0.05, 0.1) is 10.4 Å². The third-order valence-electron chi connectivity index (χ3n) is 1.57. The van der Waals surface area contributed by atoms with E-state index in [1.807, 2.05) is 6.07 Å². The lowest BCUT2D eigenvalue weighted by Crippen LogP contribution is -2.14. The number of halogens is 1. The van der Waals surface area contributed by atoms with Crippen LogP contribution >= 0.6 is 27.3 Å². The number of cyclic esters (lactones) is 1. The number of ether oxygens (including phenoxy) is 1. The average Bonchev–Trinajstić information content (AvgIpc) is 2.31. The molecule has 0 atom stereocenters. The van der Waals surface area contributed by atoms with Gasteiger partial charge >= 0.3 is 5.97 Å². The van der Waals surface area contributed by atoms with E-state index in [0.717, 1.165) is 20.6 Å². The predicted octanol–water partition coefficient (Wildman–Crippen LogP) is 2.22. The van der Waals surface area contributed by atoms with E-state index in [9.17, 15) is 4.79 Å². The van der Waals surface area contributed by atoms with Crippen molar-refractivity contribution >= 4 is 33.2 Å². The quantitative estimate of drug-likeness (QED) is 0.642. The monoisotopic (exact) mass is 232 g/mol. The van der Waals surface area contributed by atoms with E-state index in [0.29, 0.717) is 6.61 Å². The van der Waals surface area contributed by atoms with Crippen LogP contribution in [0.2, 0.25) is 0 Å². The number of hydrogen-bond acceptors (Lipinski definition) is 3. The van der Waals surface area contributed by atoms with Crippen molar-refractivity contribution in [3.8, 4) is 0 Å². The third kappa shape index (κ3) is 1.20. The summed E-state index contributed by atoms with van der Waals surface area (Å²) in [6.45, 7) is 0.523. The fourth-order valence-corrected chi connectivity index (χ4v) is 2.67. The van der Waals surface area contributed by atoms with E-state index in [-0.39, 0.29) is 5.97 Å². The predicted molar refractivity (Wildman–Crippen MR) is 46.0 cm³/mol. The Bertz CT molecular complexity index is 305. The highest BCUT2D eigenvalue weighted by Crippen LogP contribution is 2.30. The Hall–Kier alpha value is -0.350. The molecule has 0 spiro atoms. The zero-order valence-electron chi connectivity index (χ0n) is 5.59. The SMILES string of the molecule is O=C1OCCc2cc(Br)sc21. The van der Waals surface area contributed by atoms with Crippen LogP contribution in [0.3, 0.4) is 0 Å². The van der Waals surface area contributed by atoms with Crippen LogP contribution in [0.1, 0.15) is 15.2 Å². The van der Waals surface area contributed by atoms with Crippen molar-refractivity contribution in [1.29, 1.82) is 0 Å². The molecule has 1 aliphatic heterocycles. The fourth-order valence-electron chi connectivity index (χ4n) is 1.07. The van der Waals surface area contributed by atoms with Crippen molar-refractivity contribution < 1.29 is 9.53 Å². The van der Waals surface area contributed by atoms with Gasteiger partial charge in [0.1, 0.15) is 4.88 Å². The number of esters is 1. The van der Waals surface area contributed by atoms with Gasteiger partial charge < -0.3 is 4.74 Å². The smallest absolute Gasteiger partial charge is 0.348 e. The van der Waals surface area contributed by atoms with E-state index in [1.54, 1.807) is 0 Å². The molecule has 0 unspecified atom stereocenters. The summed E-state index contributed by atoms with van der Waals surface area (Å²) in [5.74, 6) is -0.179. The molecule has 2 heterocycles. The second kappa shape index (κ2) is 2.60. The number of hydrogen-bond donors (Lipinski definition) is 0. The Morgan fingerprint density at radius 3 is 3.18 bits per heavy atom. The molecule has 1 aromatic rings. The van der Waals surface area contributed by atoms with Gasteiger partial charge in [0.15, 0.2) is 0 Å². The molecular formula is C7H5BrO2S. The molecule has 0 saturated carbocycles. The second-order valence-corrected chi connectivity index (χ2v) is 4.72. The summed E-state index contributed by atoms with van der Waals surface area (Å²) >= 11 is 4.77. The molecule has 0 aliphatic carbocycles. The number of fused-ring (bicyclic) bond motifs is 1. The van der Waals surface area contributed by atoms with E-state index in [2.05, 4.69) is 15.9 Å². The topological polar surface area (TPSA) is 26.3 Å².